The molecule has 9 nitrogen and oxygen atoms in total. The first-order chi connectivity index (χ1) is 15.8. The van der Waals surface area contributed by atoms with Crippen LogP contribution in [0.15, 0.2) is 12.1 Å². The van der Waals surface area contributed by atoms with Crippen LogP contribution in [0.3, 0.4) is 0 Å². The Morgan fingerprint density at radius 3 is 2.85 bits per heavy atom. The van der Waals surface area contributed by atoms with Gasteiger partial charge in [0.15, 0.2) is 11.5 Å². The standard InChI is InChI=1S/C24H32N6O3/c1-4-5-6-33-21(31)17-9-18(26-19-7-13(2)28-29-19)27-22(25-17)30(3)20-14-8-15-11-23(32)12-16(20)24(15,23)10-14/h7,9,14-16,20,32H,4-6,8,10-12H2,1-3H3,(H2,25,26,27,28,29). The number of nitrogens with one attached hydrogen (secondary N) is 2. The Morgan fingerprint density at radius 2 is 2.15 bits per heavy atom. The molecule has 4 aliphatic rings. The van der Waals surface area contributed by atoms with Gasteiger partial charge in [0.1, 0.15) is 5.82 Å². The summed E-state index contributed by atoms with van der Waals surface area (Å²) in [6, 6.07) is 3.79. The summed E-state index contributed by atoms with van der Waals surface area (Å²) in [6.45, 7) is 4.36. The third-order valence-electron chi connectivity index (χ3n) is 8.86. The van der Waals surface area contributed by atoms with E-state index in [1.54, 1.807) is 6.07 Å². The van der Waals surface area contributed by atoms with Crippen LogP contribution in [0.1, 0.15) is 61.6 Å². The number of aryl methyl sites for hydroxylation is 1. The quantitative estimate of drug-likeness (QED) is 0.413. The predicted octanol–water partition coefficient (Wildman–Crippen LogP) is 3.19. The molecular formula is C24H32N6O3. The van der Waals surface area contributed by atoms with Gasteiger partial charge in [-0.1, -0.05) is 13.3 Å². The molecular weight excluding hydrogens is 420 g/mol. The van der Waals surface area contributed by atoms with E-state index >= 15 is 0 Å². The molecule has 0 aromatic carbocycles. The van der Waals surface area contributed by atoms with E-state index in [-0.39, 0.29) is 17.2 Å². The molecule has 2 bridgehead atoms. The number of esters is 1. The smallest absolute Gasteiger partial charge is 0.357 e. The molecule has 9 heteroatoms. The lowest BCUT2D eigenvalue weighted by molar-refractivity contribution is -0.308. The molecule has 33 heavy (non-hydrogen) atoms. The number of anilines is 3. The molecule has 2 aromatic heterocycles. The van der Waals surface area contributed by atoms with Gasteiger partial charge in [0.25, 0.3) is 0 Å². The molecule has 2 aromatic rings. The van der Waals surface area contributed by atoms with Crippen LogP contribution in [-0.4, -0.2) is 56.5 Å². The van der Waals surface area contributed by atoms with Crippen LogP contribution in [0.25, 0.3) is 0 Å². The number of aromatic nitrogens is 4. The van der Waals surface area contributed by atoms with Gasteiger partial charge in [-0.05, 0) is 56.8 Å². The molecule has 4 saturated carbocycles. The van der Waals surface area contributed by atoms with Crippen molar-refractivity contribution in [2.45, 2.75) is 64.0 Å². The summed E-state index contributed by atoms with van der Waals surface area (Å²) in [7, 11) is 2.02. The van der Waals surface area contributed by atoms with Crippen LogP contribution in [0.4, 0.5) is 17.6 Å². The molecule has 176 valence electrons. The molecule has 6 unspecified atom stereocenters. The highest BCUT2D eigenvalue weighted by Gasteiger charge is 2.84. The highest BCUT2D eigenvalue weighted by Crippen LogP contribution is 2.83. The monoisotopic (exact) mass is 452 g/mol. The number of rotatable bonds is 8. The number of hydrogen-bond acceptors (Lipinski definition) is 8. The lowest BCUT2D eigenvalue weighted by Gasteiger charge is -2.73. The topological polar surface area (TPSA) is 116 Å². The number of nitrogens with zero attached hydrogens (tertiary/aromatic N) is 4. The largest absolute Gasteiger partial charge is 0.461 e. The molecule has 0 radical (unpaired) electrons. The minimum Gasteiger partial charge on any atom is -0.461 e. The van der Waals surface area contributed by atoms with Crippen molar-refractivity contribution in [2.24, 2.45) is 23.2 Å². The van der Waals surface area contributed by atoms with E-state index in [9.17, 15) is 9.90 Å². The Morgan fingerprint density at radius 1 is 1.30 bits per heavy atom. The van der Waals surface area contributed by atoms with Crippen LogP contribution in [0.2, 0.25) is 0 Å². The average Bonchev–Trinajstić information content (AvgIpc) is 3.44. The van der Waals surface area contributed by atoms with Gasteiger partial charge >= 0.3 is 5.97 Å². The summed E-state index contributed by atoms with van der Waals surface area (Å²) in [5, 5.41) is 21.3. The van der Waals surface area contributed by atoms with Crippen molar-refractivity contribution in [2.75, 3.05) is 23.9 Å². The number of aromatic amines is 1. The third kappa shape index (κ3) is 2.87. The fourth-order valence-corrected chi connectivity index (χ4v) is 7.54. The molecule has 6 rings (SSSR count). The van der Waals surface area contributed by atoms with Crippen molar-refractivity contribution in [1.82, 2.24) is 20.2 Å². The maximum atomic E-state index is 12.8. The highest BCUT2D eigenvalue weighted by molar-refractivity contribution is 5.88. The summed E-state index contributed by atoms with van der Waals surface area (Å²) in [5.74, 6) is 2.89. The number of fused-ring (bicyclic) bond motifs is 1. The predicted molar refractivity (Wildman–Crippen MR) is 122 cm³/mol. The number of aliphatic hydroxyl groups is 1. The molecule has 4 fully saturated rings. The number of H-pyrrole nitrogens is 1. The van der Waals surface area contributed by atoms with Crippen molar-refractivity contribution in [3.63, 3.8) is 0 Å². The summed E-state index contributed by atoms with van der Waals surface area (Å²) in [5.41, 5.74) is 0.840. The lowest BCUT2D eigenvalue weighted by Crippen LogP contribution is -2.76. The first-order valence-electron chi connectivity index (χ1n) is 12.1. The van der Waals surface area contributed by atoms with E-state index in [1.807, 2.05) is 20.0 Å². The van der Waals surface area contributed by atoms with E-state index in [2.05, 4.69) is 32.3 Å². The fourth-order valence-electron chi connectivity index (χ4n) is 7.54. The molecule has 4 aliphatic carbocycles. The van der Waals surface area contributed by atoms with Crippen molar-refractivity contribution in [1.29, 1.82) is 0 Å². The van der Waals surface area contributed by atoms with Gasteiger partial charge in [-0.25, -0.2) is 9.78 Å². The summed E-state index contributed by atoms with van der Waals surface area (Å²) < 4.78 is 5.44. The molecule has 1 spiro atoms. The summed E-state index contributed by atoms with van der Waals surface area (Å²) in [4.78, 5) is 24.3. The van der Waals surface area contributed by atoms with E-state index in [1.165, 1.54) is 6.42 Å². The number of carbonyl (C=O) groups is 1. The van der Waals surface area contributed by atoms with Crippen LogP contribution >= 0.6 is 0 Å². The maximum Gasteiger partial charge on any atom is 0.357 e. The Balaban J connectivity index is 1.29. The number of unbranched alkanes of at least 4 members (excludes halogenated alkanes) is 1. The maximum absolute atomic E-state index is 12.8. The zero-order chi connectivity index (χ0) is 23.0. The minimum absolute atomic E-state index is 0.112. The Hall–Kier alpha value is -2.68. The van der Waals surface area contributed by atoms with Crippen molar-refractivity contribution in [3.05, 3.63) is 23.5 Å². The number of hydrogen-bond donors (Lipinski definition) is 3. The van der Waals surface area contributed by atoms with Gasteiger partial charge in [0.05, 0.1) is 12.2 Å². The highest BCUT2D eigenvalue weighted by atomic mass is 16.5. The first-order valence-corrected chi connectivity index (χ1v) is 12.1. The van der Waals surface area contributed by atoms with Crippen LogP contribution in [-0.2, 0) is 4.74 Å². The molecule has 6 atom stereocenters. The second kappa shape index (κ2) is 7.16. The van der Waals surface area contributed by atoms with E-state index < -0.39 is 11.6 Å². The first kappa shape index (κ1) is 20.9. The Labute approximate surface area is 193 Å². The molecule has 2 heterocycles. The van der Waals surface area contributed by atoms with Crippen LogP contribution in [0, 0.1) is 30.1 Å². The van der Waals surface area contributed by atoms with Gasteiger partial charge < -0.3 is 20.1 Å². The molecule has 0 saturated heterocycles. The molecule has 0 aliphatic heterocycles. The number of carbonyl (C=O) groups excluding carboxylic acids is 1. The third-order valence-corrected chi connectivity index (χ3v) is 8.86. The van der Waals surface area contributed by atoms with Gasteiger partial charge in [0.2, 0.25) is 5.95 Å². The fraction of sp³-hybridized carbons (Fsp3) is 0.667. The van der Waals surface area contributed by atoms with E-state index in [0.717, 1.165) is 37.8 Å². The van der Waals surface area contributed by atoms with Crippen molar-refractivity contribution in [3.8, 4) is 0 Å². The Bertz CT molecular complexity index is 1100. The van der Waals surface area contributed by atoms with Gasteiger partial charge in [0, 0.05) is 36.3 Å². The second-order valence-corrected chi connectivity index (χ2v) is 10.6. The Kier molecular flexibility index (Phi) is 4.53. The average molecular weight is 453 g/mol. The zero-order valence-corrected chi connectivity index (χ0v) is 19.5. The normalized spacial score (nSPS) is 34.9. The lowest BCUT2D eigenvalue weighted by atomic mass is 9.35. The SMILES string of the molecule is CCCCOC(=O)c1cc(Nc2cc(C)[nH]n2)nc(N(C)C2C3CC4CC5(O)CC2C45C3)n1. The number of ether oxygens (including phenoxy) is 1. The second-order valence-electron chi connectivity index (χ2n) is 10.6. The van der Waals surface area contributed by atoms with E-state index in [0.29, 0.717) is 41.9 Å². The minimum atomic E-state index is -0.441. The molecule has 3 N–H and O–H groups in total. The van der Waals surface area contributed by atoms with Crippen molar-refractivity contribution < 1.29 is 14.6 Å². The zero-order valence-electron chi connectivity index (χ0n) is 19.5. The van der Waals surface area contributed by atoms with Gasteiger partial charge in [-0.2, -0.15) is 10.1 Å². The van der Waals surface area contributed by atoms with Gasteiger partial charge in [-0.15, -0.1) is 0 Å². The summed E-state index contributed by atoms with van der Waals surface area (Å²) in [6.07, 6.45) is 5.89. The van der Waals surface area contributed by atoms with Gasteiger partial charge in [-0.3, -0.25) is 5.10 Å². The van der Waals surface area contributed by atoms with E-state index in [4.69, 9.17) is 9.72 Å². The van der Waals surface area contributed by atoms with Crippen molar-refractivity contribution >= 4 is 23.6 Å². The molecule has 0 amide bonds. The summed E-state index contributed by atoms with van der Waals surface area (Å²) >= 11 is 0. The van der Waals surface area contributed by atoms with Crippen LogP contribution < -0.4 is 10.2 Å². The van der Waals surface area contributed by atoms with Crippen LogP contribution in [0.5, 0.6) is 0 Å².